The molecule has 1 aromatic rings. The summed E-state index contributed by atoms with van der Waals surface area (Å²) in [6.45, 7) is 2.77. The lowest BCUT2D eigenvalue weighted by Crippen LogP contribution is -2.61. The maximum atomic E-state index is 11.8. The van der Waals surface area contributed by atoms with Gasteiger partial charge in [-0.3, -0.25) is 4.79 Å². The molecule has 0 spiro atoms. The van der Waals surface area contributed by atoms with Gasteiger partial charge in [0, 0.05) is 24.8 Å². The molecule has 10 heteroatoms. The minimum Gasteiger partial charge on any atom is -0.480 e. The van der Waals surface area contributed by atoms with Crippen molar-refractivity contribution in [1.29, 1.82) is 0 Å². The number of carboxylic acid groups (broad SMARTS) is 2. The Labute approximate surface area is 195 Å². The number of nitrogens with one attached hydrogen (secondary N) is 1. The molecule has 0 bridgehead atoms. The average Bonchev–Trinajstić information content (AvgIpc) is 2.76. The Kier molecular flexibility index (Phi) is 8.75. The van der Waals surface area contributed by atoms with Gasteiger partial charge in [-0.1, -0.05) is 12.8 Å². The van der Waals surface area contributed by atoms with Crippen LogP contribution in [0.15, 0.2) is 24.3 Å². The first-order valence-electron chi connectivity index (χ1n) is 11.9. The standard InChI is InChI=1S/C23H36BN3O6/c25-23(22(30)31,9-1-2-10-24(32)33)18-13-19(14-18)26-15-16-7-11-27(12-8-16)20-5-3-17(4-6-20)21(28)29/h3-6,16,18-19,26,32-33H,1-2,7-15,25H2,(H,28,29)(H,30,31)/t18?,19?,23-/m0/s1. The molecule has 0 amide bonds. The SMILES string of the molecule is N[C@](CCCCB(O)O)(C(=O)O)C1CC(NCC2CCN(c3ccc(C(=O)O)cc3)CC2)C1. The van der Waals surface area contributed by atoms with Crippen LogP contribution in [0.1, 0.15) is 55.3 Å². The van der Waals surface area contributed by atoms with Crippen molar-refractivity contribution in [3.8, 4) is 0 Å². The van der Waals surface area contributed by atoms with Crippen LogP contribution in [0.2, 0.25) is 6.32 Å². The number of nitrogens with zero attached hydrogens (tertiary/aromatic N) is 1. The summed E-state index contributed by atoms with van der Waals surface area (Å²) in [4.78, 5) is 25.1. The second-order valence-electron chi connectivity index (χ2n) is 9.63. The van der Waals surface area contributed by atoms with Crippen LogP contribution in [-0.4, -0.2) is 70.5 Å². The van der Waals surface area contributed by atoms with Crippen molar-refractivity contribution in [2.24, 2.45) is 17.6 Å². The summed E-state index contributed by atoms with van der Waals surface area (Å²) in [5.74, 6) is -1.40. The predicted molar refractivity (Wildman–Crippen MR) is 126 cm³/mol. The van der Waals surface area contributed by atoms with Gasteiger partial charge in [-0.2, -0.15) is 0 Å². The molecule has 1 saturated heterocycles. The lowest BCUT2D eigenvalue weighted by Gasteiger charge is -2.45. The predicted octanol–water partition coefficient (Wildman–Crippen LogP) is 1.39. The smallest absolute Gasteiger partial charge is 0.451 e. The molecule has 1 aliphatic heterocycles. The normalized spacial score (nSPS) is 22.9. The average molecular weight is 461 g/mol. The number of aromatic carboxylic acids is 1. The third-order valence-corrected chi connectivity index (χ3v) is 7.36. The zero-order chi connectivity index (χ0) is 24.0. The van der Waals surface area contributed by atoms with E-state index in [1.165, 1.54) is 0 Å². The van der Waals surface area contributed by atoms with Gasteiger partial charge in [0.15, 0.2) is 0 Å². The van der Waals surface area contributed by atoms with E-state index >= 15 is 0 Å². The van der Waals surface area contributed by atoms with Crippen LogP contribution in [-0.2, 0) is 4.79 Å². The van der Waals surface area contributed by atoms with Crippen molar-refractivity contribution in [3.63, 3.8) is 0 Å². The molecule has 1 aliphatic carbocycles. The van der Waals surface area contributed by atoms with E-state index in [0.717, 1.165) is 51.0 Å². The van der Waals surface area contributed by atoms with Gasteiger partial charge in [0.1, 0.15) is 5.54 Å². The molecule has 1 saturated carbocycles. The number of hydrogen-bond acceptors (Lipinski definition) is 7. The summed E-state index contributed by atoms with van der Waals surface area (Å²) in [5.41, 5.74) is 6.37. The van der Waals surface area contributed by atoms with E-state index in [4.69, 9.17) is 20.9 Å². The van der Waals surface area contributed by atoms with E-state index in [-0.39, 0.29) is 18.3 Å². The van der Waals surface area contributed by atoms with Crippen molar-refractivity contribution >= 4 is 24.7 Å². The Hall–Kier alpha value is -2.14. The molecular formula is C23H36BN3O6. The summed E-state index contributed by atoms with van der Waals surface area (Å²) in [7, 11) is -1.36. The number of aliphatic carboxylic acids is 1. The van der Waals surface area contributed by atoms with E-state index in [2.05, 4.69) is 10.2 Å². The molecule has 7 N–H and O–H groups in total. The van der Waals surface area contributed by atoms with Crippen molar-refractivity contribution < 1.29 is 29.9 Å². The first kappa shape index (κ1) is 25.5. The number of piperidine rings is 1. The van der Waals surface area contributed by atoms with Crippen LogP contribution in [0.5, 0.6) is 0 Å². The molecule has 1 atom stereocenters. The third kappa shape index (κ3) is 6.69. The Bertz CT molecular complexity index is 794. The number of nitrogens with two attached hydrogens (primary N) is 1. The number of anilines is 1. The topological polar surface area (TPSA) is 156 Å². The van der Waals surface area contributed by atoms with Gasteiger partial charge in [0.05, 0.1) is 5.56 Å². The molecule has 3 rings (SSSR count). The van der Waals surface area contributed by atoms with Crippen LogP contribution in [0.4, 0.5) is 5.69 Å². The number of carbonyl (C=O) groups is 2. The van der Waals surface area contributed by atoms with Crippen LogP contribution in [0.25, 0.3) is 0 Å². The van der Waals surface area contributed by atoms with Crippen LogP contribution in [0, 0.1) is 11.8 Å². The summed E-state index contributed by atoms with van der Waals surface area (Å²) in [6, 6.07) is 7.30. The zero-order valence-corrected chi connectivity index (χ0v) is 19.0. The molecule has 1 aromatic carbocycles. The molecule has 182 valence electrons. The number of rotatable bonds is 12. The summed E-state index contributed by atoms with van der Waals surface area (Å²) >= 11 is 0. The fraction of sp³-hybridized carbons (Fsp3) is 0.652. The molecule has 9 nitrogen and oxygen atoms in total. The third-order valence-electron chi connectivity index (χ3n) is 7.36. The first-order chi connectivity index (χ1) is 15.7. The number of benzene rings is 1. The lowest BCUT2D eigenvalue weighted by molar-refractivity contribution is -0.148. The zero-order valence-electron chi connectivity index (χ0n) is 19.0. The number of hydrogen-bond donors (Lipinski definition) is 6. The molecule has 2 fully saturated rings. The first-order valence-corrected chi connectivity index (χ1v) is 11.9. The number of unbranched alkanes of at least 4 members (excludes halogenated alkanes) is 1. The Balaban J connectivity index is 1.36. The molecular weight excluding hydrogens is 425 g/mol. The Morgan fingerprint density at radius 2 is 1.73 bits per heavy atom. The highest BCUT2D eigenvalue weighted by Gasteiger charge is 2.48. The van der Waals surface area contributed by atoms with Crippen molar-refractivity contribution in [3.05, 3.63) is 29.8 Å². The Morgan fingerprint density at radius 3 is 2.27 bits per heavy atom. The van der Waals surface area contributed by atoms with Crippen molar-refractivity contribution in [1.82, 2.24) is 5.32 Å². The van der Waals surface area contributed by atoms with Gasteiger partial charge in [-0.25, -0.2) is 4.79 Å². The fourth-order valence-electron chi connectivity index (χ4n) is 4.98. The van der Waals surface area contributed by atoms with E-state index in [1.54, 1.807) is 12.1 Å². The van der Waals surface area contributed by atoms with Crippen molar-refractivity contribution in [2.45, 2.75) is 62.8 Å². The monoisotopic (exact) mass is 461 g/mol. The minimum absolute atomic E-state index is 0.0674. The summed E-state index contributed by atoms with van der Waals surface area (Å²) in [6.07, 6.45) is 5.29. The highest BCUT2D eigenvalue weighted by atomic mass is 16.4. The molecule has 0 unspecified atom stereocenters. The van der Waals surface area contributed by atoms with Gasteiger partial charge >= 0.3 is 19.1 Å². The quantitative estimate of drug-likeness (QED) is 0.200. The van der Waals surface area contributed by atoms with Crippen LogP contribution in [0.3, 0.4) is 0 Å². The largest absolute Gasteiger partial charge is 0.480 e. The summed E-state index contributed by atoms with van der Waals surface area (Å²) in [5, 5.41) is 40.2. The van der Waals surface area contributed by atoms with Gasteiger partial charge in [-0.15, -0.1) is 0 Å². The van der Waals surface area contributed by atoms with Crippen LogP contribution >= 0.6 is 0 Å². The number of carboxylic acids is 2. The van der Waals surface area contributed by atoms with Gasteiger partial charge in [0.25, 0.3) is 0 Å². The maximum Gasteiger partial charge on any atom is 0.451 e. The van der Waals surface area contributed by atoms with Gasteiger partial charge < -0.3 is 36.2 Å². The second-order valence-corrected chi connectivity index (χ2v) is 9.63. The van der Waals surface area contributed by atoms with E-state index in [1.807, 2.05) is 12.1 Å². The lowest BCUT2D eigenvalue weighted by atomic mass is 9.66. The van der Waals surface area contributed by atoms with E-state index < -0.39 is 24.6 Å². The summed E-state index contributed by atoms with van der Waals surface area (Å²) < 4.78 is 0. The van der Waals surface area contributed by atoms with Crippen LogP contribution < -0.4 is 16.0 Å². The minimum atomic E-state index is -1.36. The second kappa shape index (κ2) is 11.3. The molecule has 2 aliphatic rings. The van der Waals surface area contributed by atoms with E-state index in [9.17, 15) is 14.7 Å². The highest BCUT2D eigenvalue weighted by molar-refractivity contribution is 6.40. The van der Waals surface area contributed by atoms with Gasteiger partial charge in [0.2, 0.25) is 0 Å². The van der Waals surface area contributed by atoms with Crippen molar-refractivity contribution in [2.75, 3.05) is 24.5 Å². The highest BCUT2D eigenvalue weighted by Crippen LogP contribution is 2.38. The molecule has 1 heterocycles. The molecule has 33 heavy (non-hydrogen) atoms. The van der Waals surface area contributed by atoms with Gasteiger partial charge in [-0.05, 0) is 81.1 Å². The molecule has 0 radical (unpaired) electrons. The molecule has 0 aromatic heterocycles. The fourth-order valence-corrected chi connectivity index (χ4v) is 4.98. The Morgan fingerprint density at radius 1 is 1.09 bits per heavy atom. The maximum absolute atomic E-state index is 11.8. The van der Waals surface area contributed by atoms with E-state index in [0.29, 0.717) is 30.7 Å².